The van der Waals surface area contributed by atoms with E-state index in [1.165, 1.54) is 29.5 Å². The zero-order chi connectivity index (χ0) is 28.2. The van der Waals surface area contributed by atoms with Crippen LogP contribution in [0.1, 0.15) is 72.7 Å². The van der Waals surface area contributed by atoms with E-state index >= 15 is 0 Å². The van der Waals surface area contributed by atoms with Gasteiger partial charge in [-0.3, -0.25) is 0 Å². The zero-order valence-electron chi connectivity index (χ0n) is 23.4. The lowest BCUT2D eigenvalue weighted by molar-refractivity contribution is 0.0776. The van der Waals surface area contributed by atoms with Crippen LogP contribution in [0.15, 0.2) is 91.5 Å². The van der Waals surface area contributed by atoms with Gasteiger partial charge in [0.15, 0.2) is 0 Å². The van der Waals surface area contributed by atoms with Gasteiger partial charge in [-0.25, -0.2) is 4.98 Å². The summed E-state index contributed by atoms with van der Waals surface area (Å²) in [5.41, 5.74) is 6.15. The maximum absolute atomic E-state index is 10.8. The highest BCUT2D eigenvalue weighted by molar-refractivity contribution is 7.99. The number of hydrogen-bond acceptors (Lipinski definition) is 3. The summed E-state index contributed by atoms with van der Waals surface area (Å²) >= 11 is 8.27. The molecule has 0 bridgehead atoms. The molecule has 40 heavy (non-hydrogen) atoms. The van der Waals surface area contributed by atoms with E-state index in [-0.39, 0.29) is 0 Å². The molecule has 1 fully saturated rings. The maximum Gasteiger partial charge on any atom is 0.0843 e. The molecule has 1 aromatic heterocycles. The fraction of sp³-hybridized carbons (Fsp3) is 0.306. The lowest BCUT2D eigenvalue weighted by Crippen LogP contribution is -2.18. The van der Waals surface area contributed by atoms with Crippen LogP contribution in [0.5, 0.6) is 0 Å². The van der Waals surface area contributed by atoms with Gasteiger partial charge in [0.2, 0.25) is 0 Å². The molecule has 0 amide bonds. The van der Waals surface area contributed by atoms with Crippen LogP contribution in [-0.4, -0.2) is 15.8 Å². The first-order valence-corrected chi connectivity index (χ1v) is 15.6. The molecule has 0 aliphatic heterocycles. The van der Waals surface area contributed by atoms with Crippen molar-refractivity contribution in [2.45, 2.75) is 56.8 Å². The van der Waals surface area contributed by atoms with Gasteiger partial charge in [-0.05, 0) is 104 Å². The largest absolute Gasteiger partial charge is 0.386 e. The van der Waals surface area contributed by atoms with Crippen molar-refractivity contribution in [2.75, 3.05) is 5.75 Å². The van der Waals surface area contributed by atoms with E-state index in [4.69, 9.17) is 16.6 Å². The molecule has 1 atom stereocenters. The SMILES string of the molecule is C=CCC1(CSC(CCc2ccccc2C(C)(C)O)c2cccc(C=Cc3ccc4ccc(Cl)cc4n3)c2)CC1. The van der Waals surface area contributed by atoms with E-state index in [1.54, 1.807) is 0 Å². The molecule has 0 saturated heterocycles. The van der Waals surface area contributed by atoms with Crippen LogP contribution in [0.4, 0.5) is 0 Å². The Labute approximate surface area is 248 Å². The summed E-state index contributed by atoms with van der Waals surface area (Å²) in [5, 5.41) is 12.9. The number of nitrogens with zero attached hydrogens (tertiary/aromatic N) is 1. The van der Waals surface area contributed by atoms with Crippen LogP contribution in [0.25, 0.3) is 23.1 Å². The Hall–Kier alpha value is -2.85. The zero-order valence-corrected chi connectivity index (χ0v) is 25.0. The maximum atomic E-state index is 10.8. The number of rotatable bonds is 12. The van der Waals surface area contributed by atoms with Crippen molar-refractivity contribution in [3.8, 4) is 0 Å². The Morgan fingerprint density at radius 3 is 2.60 bits per heavy atom. The lowest BCUT2D eigenvalue weighted by atomic mass is 9.90. The molecule has 4 aromatic rings. The number of allylic oxidation sites excluding steroid dienone is 1. The quantitative estimate of drug-likeness (QED) is 0.173. The first-order chi connectivity index (χ1) is 19.2. The topological polar surface area (TPSA) is 33.1 Å². The Bertz CT molecular complexity index is 1520. The molecule has 4 heteroatoms. The number of benzene rings is 3. The van der Waals surface area contributed by atoms with Gasteiger partial charge < -0.3 is 5.11 Å². The Balaban J connectivity index is 1.37. The van der Waals surface area contributed by atoms with Gasteiger partial charge in [-0.2, -0.15) is 11.8 Å². The second-order valence-electron chi connectivity index (χ2n) is 11.6. The molecule has 1 unspecified atom stereocenters. The first kappa shape index (κ1) is 28.7. The molecule has 1 N–H and O–H groups in total. The molecule has 1 saturated carbocycles. The first-order valence-electron chi connectivity index (χ1n) is 14.1. The monoisotopic (exact) mass is 567 g/mol. The Morgan fingerprint density at radius 2 is 1.82 bits per heavy atom. The second-order valence-corrected chi connectivity index (χ2v) is 13.3. The molecule has 1 aliphatic carbocycles. The fourth-order valence-electron chi connectivity index (χ4n) is 5.38. The molecule has 1 aliphatic rings. The second kappa shape index (κ2) is 12.3. The predicted molar refractivity (Wildman–Crippen MR) is 174 cm³/mol. The molecular formula is C36H38ClNOS. The van der Waals surface area contributed by atoms with Crippen molar-refractivity contribution in [1.29, 1.82) is 0 Å². The molecule has 0 radical (unpaired) electrons. The number of aliphatic hydroxyl groups is 1. The molecule has 1 heterocycles. The smallest absolute Gasteiger partial charge is 0.0843 e. The number of fused-ring (bicyclic) bond motifs is 1. The van der Waals surface area contributed by atoms with Crippen LogP contribution in [0.3, 0.4) is 0 Å². The van der Waals surface area contributed by atoms with Gasteiger partial charge in [0.25, 0.3) is 0 Å². The molecule has 206 valence electrons. The van der Waals surface area contributed by atoms with Crippen LogP contribution >= 0.6 is 23.4 Å². The van der Waals surface area contributed by atoms with Gasteiger partial charge in [-0.1, -0.05) is 84.4 Å². The Kier molecular flexibility index (Phi) is 8.85. The van der Waals surface area contributed by atoms with Crippen molar-refractivity contribution in [1.82, 2.24) is 4.98 Å². The molecule has 3 aromatic carbocycles. The van der Waals surface area contributed by atoms with Gasteiger partial charge in [0.1, 0.15) is 0 Å². The van der Waals surface area contributed by atoms with Crippen molar-refractivity contribution in [3.63, 3.8) is 0 Å². The highest BCUT2D eigenvalue weighted by Crippen LogP contribution is 2.53. The van der Waals surface area contributed by atoms with E-state index in [1.807, 2.05) is 44.2 Å². The minimum Gasteiger partial charge on any atom is -0.386 e. The van der Waals surface area contributed by atoms with Gasteiger partial charge >= 0.3 is 0 Å². The minimum absolute atomic E-state index is 0.367. The van der Waals surface area contributed by atoms with E-state index < -0.39 is 5.60 Å². The number of aryl methyl sites for hydroxylation is 1. The van der Waals surface area contributed by atoms with Crippen molar-refractivity contribution in [3.05, 3.63) is 124 Å². The third-order valence-corrected chi connectivity index (χ3v) is 9.81. The molecule has 0 spiro atoms. The lowest BCUT2D eigenvalue weighted by Gasteiger charge is -2.24. The van der Waals surface area contributed by atoms with E-state index in [2.05, 4.69) is 85.1 Å². The number of halogens is 1. The average Bonchev–Trinajstić information content (AvgIpc) is 3.71. The number of thioether (sulfide) groups is 1. The molecular weight excluding hydrogens is 530 g/mol. The average molecular weight is 568 g/mol. The number of pyridine rings is 1. The predicted octanol–water partition coefficient (Wildman–Crippen LogP) is 10.0. The third-order valence-electron chi connectivity index (χ3n) is 7.88. The van der Waals surface area contributed by atoms with Crippen LogP contribution in [0.2, 0.25) is 5.02 Å². The fourth-order valence-corrected chi connectivity index (χ4v) is 7.13. The molecule has 5 rings (SSSR count). The Morgan fingerprint density at radius 1 is 1.02 bits per heavy atom. The summed E-state index contributed by atoms with van der Waals surface area (Å²) < 4.78 is 0. The van der Waals surface area contributed by atoms with E-state index in [0.717, 1.165) is 47.2 Å². The summed E-state index contributed by atoms with van der Waals surface area (Å²) in [5.74, 6) is 1.15. The van der Waals surface area contributed by atoms with Gasteiger partial charge in [0, 0.05) is 15.7 Å². The number of aromatic nitrogens is 1. The summed E-state index contributed by atoms with van der Waals surface area (Å²) in [7, 11) is 0. The molecule has 2 nitrogen and oxygen atoms in total. The van der Waals surface area contributed by atoms with Gasteiger partial charge in [-0.15, -0.1) is 6.58 Å². The standard InChI is InChI=1S/C36H38ClNOS/c1-4-20-36(21-22-36)25-40-34(19-15-27-9-5-6-11-32(27)35(2,3)39)29-10-7-8-26(23-29)12-17-31-18-14-28-13-16-30(37)24-33(28)38-31/h4-14,16-18,23-24,34,39H,1,15,19-22,25H2,2-3H3. The third kappa shape index (κ3) is 7.26. The highest BCUT2D eigenvalue weighted by atomic mass is 35.5. The number of hydrogen-bond donors (Lipinski definition) is 1. The summed E-state index contributed by atoms with van der Waals surface area (Å²) in [6, 6.07) is 27.2. The summed E-state index contributed by atoms with van der Waals surface area (Å²) in [6.45, 7) is 7.75. The summed E-state index contributed by atoms with van der Waals surface area (Å²) in [4.78, 5) is 4.78. The van der Waals surface area contributed by atoms with Gasteiger partial charge in [0.05, 0.1) is 16.8 Å². The van der Waals surface area contributed by atoms with E-state index in [9.17, 15) is 5.11 Å². The summed E-state index contributed by atoms with van der Waals surface area (Å²) in [6.07, 6.45) is 11.9. The van der Waals surface area contributed by atoms with Crippen LogP contribution in [-0.2, 0) is 12.0 Å². The normalized spacial score (nSPS) is 15.4. The van der Waals surface area contributed by atoms with Crippen LogP contribution in [0, 0.1) is 5.41 Å². The van der Waals surface area contributed by atoms with E-state index in [0.29, 0.717) is 15.7 Å². The van der Waals surface area contributed by atoms with Crippen molar-refractivity contribution < 1.29 is 5.11 Å². The highest BCUT2D eigenvalue weighted by Gasteiger charge is 2.41. The van der Waals surface area contributed by atoms with Crippen LogP contribution < -0.4 is 0 Å². The van der Waals surface area contributed by atoms with Crippen molar-refractivity contribution >= 4 is 46.4 Å². The minimum atomic E-state index is -0.853. The van der Waals surface area contributed by atoms with Crippen molar-refractivity contribution in [2.24, 2.45) is 5.41 Å².